The van der Waals surface area contributed by atoms with Crippen LogP contribution in [0.2, 0.25) is 0 Å². The largest absolute Gasteiger partial charge is 0.390 e. The molecule has 0 radical (unpaired) electrons. The van der Waals surface area contributed by atoms with Crippen molar-refractivity contribution >= 4 is 0 Å². The average Bonchev–Trinajstić information content (AvgIpc) is 2.58. The molecule has 0 amide bonds. The van der Waals surface area contributed by atoms with Gasteiger partial charge in [-0.15, -0.1) is 0 Å². The highest BCUT2D eigenvalue weighted by Gasteiger charge is 2.18. The lowest BCUT2D eigenvalue weighted by Crippen LogP contribution is -2.13. The van der Waals surface area contributed by atoms with Crippen molar-refractivity contribution < 1.29 is 5.11 Å². The predicted octanol–water partition coefficient (Wildman–Crippen LogP) is 0.778. The molecule has 0 atom stereocenters. The molecule has 0 aliphatic carbocycles. The first-order valence-corrected chi connectivity index (χ1v) is 4.91. The summed E-state index contributed by atoms with van der Waals surface area (Å²) in [4.78, 5) is 4.29. The summed E-state index contributed by atoms with van der Waals surface area (Å²) in [6.45, 7) is 0.931. The van der Waals surface area contributed by atoms with Crippen LogP contribution < -0.4 is 0 Å². The van der Waals surface area contributed by atoms with Crippen LogP contribution in [0.4, 0.5) is 0 Å². The Morgan fingerprint density at radius 3 is 3.07 bits per heavy atom. The van der Waals surface area contributed by atoms with Crippen molar-refractivity contribution in [1.29, 1.82) is 5.26 Å². The third-order valence-corrected chi connectivity index (χ3v) is 2.67. The first-order chi connectivity index (χ1) is 6.86. The minimum Gasteiger partial charge on any atom is -0.390 e. The first kappa shape index (κ1) is 9.22. The highest BCUT2D eigenvalue weighted by atomic mass is 16.3. The van der Waals surface area contributed by atoms with Crippen LogP contribution in [0.15, 0.2) is 0 Å². The molecule has 74 valence electrons. The molecule has 0 fully saturated rings. The molecule has 14 heavy (non-hydrogen) atoms. The summed E-state index contributed by atoms with van der Waals surface area (Å²) in [5.74, 6) is 0.811. The van der Waals surface area contributed by atoms with Crippen LogP contribution in [0.3, 0.4) is 0 Å². The van der Waals surface area contributed by atoms with Crippen molar-refractivity contribution in [2.45, 2.75) is 38.8 Å². The van der Waals surface area contributed by atoms with E-state index in [1.54, 1.807) is 0 Å². The van der Waals surface area contributed by atoms with E-state index in [9.17, 15) is 0 Å². The number of nitriles is 1. The number of aromatic nitrogens is 2. The van der Waals surface area contributed by atoms with Crippen LogP contribution in [0, 0.1) is 11.3 Å². The summed E-state index contributed by atoms with van der Waals surface area (Å²) >= 11 is 0. The summed E-state index contributed by atoms with van der Waals surface area (Å²) in [6.07, 6.45) is 3.62. The predicted molar refractivity (Wildman–Crippen MR) is 50.4 cm³/mol. The fourth-order valence-electron chi connectivity index (χ4n) is 2.03. The number of aliphatic hydroxyl groups is 1. The number of rotatable bonds is 2. The zero-order chi connectivity index (χ0) is 9.97. The van der Waals surface area contributed by atoms with Crippen LogP contribution in [0.25, 0.3) is 0 Å². The molecule has 4 nitrogen and oxygen atoms in total. The van der Waals surface area contributed by atoms with Gasteiger partial charge in [-0.05, 0) is 19.3 Å². The maximum Gasteiger partial charge on any atom is 0.123 e. The summed E-state index contributed by atoms with van der Waals surface area (Å²) in [6, 6.07) is 2.11. The fraction of sp³-hybridized carbons (Fsp3) is 0.600. The average molecular weight is 191 g/mol. The van der Waals surface area contributed by atoms with Gasteiger partial charge in [0.15, 0.2) is 0 Å². The molecule has 0 unspecified atom stereocenters. The highest BCUT2D eigenvalue weighted by Crippen LogP contribution is 2.21. The lowest BCUT2D eigenvalue weighted by Gasteiger charge is -2.16. The number of nitrogens with zero attached hydrogens (tertiary/aromatic N) is 3. The number of imidazole rings is 1. The van der Waals surface area contributed by atoms with Crippen LogP contribution in [0.1, 0.15) is 30.1 Å². The van der Waals surface area contributed by atoms with E-state index in [0.29, 0.717) is 6.42 Å². The standard InChI is InChI=1S/C10H13N3O/c11-5-4-10-12-8(7-14)9-3-1-2-6-13(9)10/h14H,1-4,6-7H2. The molecule has 4 heteroatoms. The van der Waals surface area contributed by atoms with Crippen molar-refractivity contribution in [3.8, 4) is 6.07 Å². The Labute approximate surface area is 82.8 Å². The normalized spacial score (nSPS) is 14.9. The molecule has 1 N–H and O–H groups in total. The second-order valence-electron chi connectivity index (χ2n) is 3.52. The molecular formula is C10H13N3O. The first-order valence-electron chi connectivity index (χ1n) is 4.91. The van der Waals surface area contributed by atoms with Gasteiger partial charge in [0.1, 0.15) is 5.82 Å². The quantitative estimate of drug-likeness (QED) is 0.751. The Kier molecular flexibility index (Phi) is 2.51. The monoisotopic (exact) mass is 191 g/mol. The Morgan fingerprint density at radius 2 is 2.36 bits per heavy atom. The van der Waals surface area contributed by atoms with Gasteiger partial charge >= 0.3 is 0 Å². The van der Waals surface area contributed by atoms with Gasteiger partial charge < -0.3 is 9.67 Å². The number of aliphatic hydroxyl groups excluding tert-OH is 1. The topological polar surface area (TPSA) is 61.8 Å². The van der Waals surface area contributed by atoms with E-state index in [2.05, 4.69) is 15.6 Å². The summed E-state index contributed by atoms with van der Waals surface area (Å²) in [5, 5.41) is 17.8. The van der Waals surface area contributed by atoms with Crippen molar-refractivity contribution in [3.63, 3.8) is 0 Å². The molecule has 0 bridgehead atoms. The number of hydrogen-bond donors (Lipinski definition) is 1. The summed E-state index contributed by atoms with van der Waals surface area (Å²) < 4.78 is 2.10. The SMILES string of the molecule is N#CCc1nc(CO)c2n1CCCC2. The van der Waals surface area contributed by atoms with Crippen molar-refractivity contribution in [1.82, 2.24) is 9.55 Å². The van der Waals surface area contributed by atoms with Gasteiger partial charge in [-0.25, -0.2) is 4.98 Å². The van der Waals surface area contributed by atoms with Crippen LogP contribution in [-0.4, -0.2) is 14.7 Å². The van der Waals surface area contributed by atoms with Crippen LogP contribution >= 0.6 is 0 Å². The van der Waals surface area contributed by atoms with Crippen LogP contribution in [0.5, 0.6) is 0 Å². The smallest absolute Gasteiger partial charge is 0.123 e. The lowest BCUT2D eigenvalue weighted by molar-refractivity contribution is 0.275. The zero-order valence-corrected chi connectivity index (χ0v) is 8.03. The second kappa shape index (κ2) is 3.81. The molecule has 1 aromatic rings. The fourth-order valence-corrected chi connectivity index (χ4v) is 2.03. The highest BCUT2D eigenvalue weighted by molar-refractivity contribution is 5.20. The van der Waals surface area contributed by atoms with E-state index in [4.69, 9.17) is 10.4 Å². The van der Waals surface area contributed by atoms with Gasteiger partial charge in [0.25, 0.3) is 0 Å². The van der Waals surface area contributed by atoms with Gasteiger partial charge in [0.05, 0.1) is 24.8 Å². The number of hydrogen-bond acceptors (Lipinski definition) is 3. The van der Waals surface area contributed by atoms with E-state index in [0.717, 1.165) is 43.0 Å². The zero-order valence-electron chi connectivity index (χ0n) is 8.03. The Balaban J connectivity index is 2.42. The molecule has 0 saturated heterocycles. The molecule has 0 spiro atoms. The minimum absolute atomic E-state index is 0.0131. The molecular weight excluding hydrogens is 178 g/mol. The molecule has 1 aliphatic rings. The maximum atomic E-state index is 9.12. The van der Waals surface area contributed by atoms with Gasteiger partial charge in [-0.1, -0.05) is 0 Å². The number of fused-ring (bicyclic) bond motifs is 1. The minimum atomic E-state index is -0.0131. The summed E-state index contributed by atoms with van der Waals surface area (Å²) in [5.41, 5.74) is 1.89. The van der Waals surface area contributed by atoms with Crippen molar-refractivity contribution in [2.75, 3.05) is 0 Å². The van der Waals surface area contributed by atoms with Gasteiger partial charge in [0, 0.05) is 12.2 Å². The second-order valence-corrected chi connectivity index (χ2v) is 3.52. The third-order valence-electron chi connectivity index (χ3n) is 2.67. The maximum absolute atomic E-state index is 9.12. The molecule has 0 aromatic carbocycles. The third kappa shape index (κ3) is 1.40. The van der Waals surface area contributed by atoms with E-state index in [-0.39, 0.29) is 6.61 Å². The Hall–Kier alpha value is -1.34. The van der Waals surface area contributed by atoms with Gasteiger partial charge in [-0.3, -0.25) is 0 Å². The van der Waals surface area contributed by atoms with E-state index in [1.165, 1.54) is 0 Å². The molecule has 1 aliphatic heterocycles. The Morgan fingerprint density at radius 1 is 1.50 bits per heavy atom. The molecule has 2 heterocycles. The lowest BCUT2D eigenvalue weighted by atomic mass is 10.1. The van der Waals surface area contributed by atoms with Crippen molar-refractivity contribution in [2.24, 2.45) is 0 Å². The van der Waals surface area contributed by atoms with Crippen molar-refractivity contribution in [3.05, 3.63) is 17.2 Å². The van der Waals surface area contributed by atoms with Gasteiger partial charge in [0.2, 0.25) is 0 Å². The Bertz CT molecular complexity index is 375. The van der Waals surface area contributed by atoms with E-state index in [1.807, 2.05) is 0 Å². The summed E-state index contributed by atoms with van der Waals surface area (Å²) in [7, 11) is 0. The van der Waals surface area contributed by atoms with E-state index >= 15 is 0 Å². The van der Waals surface area contributed by atoms with Crippen LogP contribution in [-0.2, 0) is 26.0 Å². The van der Waals surface area contributed by atoms with Gasteiger partial charge in [-0.2, -0.15) is 5.26 Å². The van der Waals surface area contributed by atoms with E-state index < -0.39 is 0 Å². The molecule has 0 saturated carbocycles. The molecule has 2 rings (SSSR count). The molecule has 1 aromatic heterocycles.